The van der Waals surface area contributed by atoms with Gasteiger partial charge >= 0.3 is 0 Å². The number of carbonyl (C=O) groups is 1. The smallest absolute Gasteiger partial charge is 0.270 e. The molecule has 0 atom stereocenters. The number of nitrogens with zero attached hydrogens (tertiary/aromatic N) is 2. The summed E-state index contributed by atoms with van der Waals surface area (Å²) in [6, 6.07) is 6.37. The summed E-state index contributed by atoms with van der Waals surface area (Å²) in [5, 5.41) is 0. The Kier molecular flexibility index (Phi) is 5.16. The van der Waals surface area contributed by atoms with Gasteiger partial charge in [0.15, 0.2) is 11.5 Å². The first kappa shape index (κ1) is 19.6. The third kappa shape index (κ3) is 3.78. The maximum atomic E-state index is 13.0. The van der Waals surface area contributed by atoms with Gasteiger partial charge in [0.05, 0.1) is 5.69 Å². The summed E-state index contributed by atoms with van der Waals surface area (Å²) >= 11 is 0. The van der Waals surface area contributed by atoms with Gasteiger partial charge in [-0.25, -0.2) is 8.42 Å². The average Bonchev–Trinajstić information content (AvgIpc) is 3.03. The Morgan fingerprint density at radius 3 is 2.45 bits per heavy atom. The minimum atomic E-state index is -3.87. The van der Waals surface area contributed by atoms with E-state index in [-0.39, 0.29) is 10.8 Å². The molecule has 2 aliphatic rings. The maximum Gasteiger partial charge on any atom is 0.270 e. The second-order valence-corrected chi connectivity index (χ2v) is 9.01. The van der Waals surface area contributed by atoms with Crippen molar-refractivity contribution in [3.05, 3.63) is 35.7 Å². The molecule has 0 radical (unpaired) electrons. The number of benzene rings is 1. The molecule has 0 bridgehead atoms. The molecule has 29 heavy (non-hydrogen) atoms. The Balaban J connectivity index is 1.61. The molecule has 3 heterocycles. The van der Waals surface area contributed by atoms with Crippen LogP contribution in [0.1, 0.15) is 35.4 Å². The summed E-state index contributed by atoms with van der Waals surface area (Å²) in [6.07, 6.45) is 3.08. The first-order valence-corrected chi connectivity index (χ1v) is 11.2. The van der Waals surface area contributed by atoms with Crippen LogP contribution in [-0.2, 0) is 17.1 Å². The van der Waals surface area contributed by atoms with Gasteiger partial charge in [-0.15, -0.1) is 0 Å². The van der Waals surface area contributed by atoms with Crippen molar-refractivity contribution in [2.45, 2.75) is 31.1 Å². The Morgan fingerprint density at radius 1 is 1.03 bits per heavy atom. The molecule has 1 saturated heterocycles. The van der Waals surface area contributed by atoms with Gasteiger partial charge in [0.25, 0.3) is 15.9 Å². The highest BCUT2D eigenvalue weighted by Gasteiger charge is 2.27. The Labute approximate surface area is 170 Å². The number of fused-ring (bicyclic) bond motifs is 1. The number of piperidine rings is 1. The molecule has 1 fully saturated rings. The molecular formula is C20H25N3O5S. The monoisotopic (exact) mass is 419 g/mol. The molecule has 0 aliphatic carbocycles. The number of hydrogen-bond donors (Lipinski definition) is 1. The van der Waals surface area contributed by atoms with Gasteiger partial charge in [0.1, 0.15) is 23.8 Å². The maximum absolute atomic E-state index is 13.0. The fraction of sp³-hybridized carbons (Fsp3) is 0.450. The van der Waals surface area contributed by atoms with Crippen LogP contribution in [0.4, 0.5) is 5.69 Å². The van der Waals surface area contributed by atoms with E-state index in [4.69, 9.17) is 9.47 Å². The van der Waals surface area contributed by atoms with E-state index in [0.717, 1.165) is 19.3 Å². The van der Waals surface area contributed by atoms with E-state index in [0.29, 0.717) is 54.9 Å². The normalized spacial score (nSPS) is 16.6. The summed E-state index contributed by atoms with van der Waals surface area (Å²) in [7, 11) is -2.16. The van der Waals surface area contributed by atoms with E-state index in [1.54, 1.807) is 41.6 Å². The first-order chi connectivity index (χ1) is 13.9. The molecule has 2 aromatic rings. The third-order valence-electron chi connectivity index (χ3n) is 5.44. The van der Waals surface area contributed by atoms with Crippen molar-refractivity contribution in [2.75, 3.05) is 31.0 Å². The summed E-state index contributed by atoms with van der Waals surface area (Å²) in [4.78, 5) is 14.8. The highest BCUT2D eigenvalue weighted by Crippen LogP contribution is 2.33. The molecule has 1 N–H and O–H groups in total. The second kappa shape index (κ2) is 7.62. The number of sulfonamides is 1. The summed E-state index contributed by atoms with van der Waals surface area (Å²) in [5.74, 6) is 0.961. The predicted molar refractivity (Wildman–Crippen MR) is 108 cm³/mol. The van der Waals surface area contributed by atoms with Crippen molar-refractivity contribution in [1.82, 2.24) is 9.47 Å². The number of carbonyl (C=O) groups excluding carboxylic acids is 1. The number of rotatable bonds is 4. The zero-order valence-electron chi connectivity index (χ0n) is 16.6. The molecule has 9 heteroatoms. The topological polar surface area (TPSA) is 89.9 Å². The number of ether oxygens (including phenoxy) is 2. The molecule has 1 aromatic carbocycles. The van der Waals surface area contributed by atoms with E-state index in [1.807, 2.05) is 0 Å². The number of aromatic nitrogens is 1. The predicted octanol–water partition coefficient (Wildman–Crippen LogP) is 2.53. The van der Waals surface area contributed by atoms with Crippen LogP contribution in [-0.4, -0.2) is 50.1 Å². The number of anilines is 1. The molecule has 1 aromatic heterocycles. The van der Waals surface area contributed by atoms with Crippen molar-refractivity contribution in [3.63, 3.8) is 0 Å². The minimum absolute atomic E-state index is 0.0928. The van der Waals surface area contributed by atoms with Gasteiger partial charge in [-0.2, -0.15) is 0 Å². The van der Waals surface area contributed by atoms with E-state index < -0.39 is 10.0 Å². The zero-order chi connectivity index (χ0) is 20.6. The van der Waals surface area contributed by atoms with Crippen molar-refractivity contribution in [2.24, 2.45) is 7.05 Å². The summed E-state index contributed by atoms with van der Waals surface area (Å²) in [5.41, 5.74) is 1.27. The third-order valence-corrected chi connectivity index (χ3v) is 6.93. The van der Waals surface area contributed by atoms with E-state index in [9.17, 15) is 13.2 Å². The van der Waals surface area contributed by atoms with Crippen LogP contribution >= 0.6 is 0 Å². The molecule has 1 amide bonds. The lowest BCUT2D eigenvalue weighted by Crippen LogP contribution is -2.36. The largest absolute Gasteiger partial charge is 0.486 e. The van der Waals surface area contributed by atoms with Crippen LogP contribution in [0.5, 0.6) is 11.5 Å². The van der Waals surface area contributed by atoms with Gasteiger partial charge in [-0.05, 0) is 44.4 Å². The van der Waals surface area contributed by atoms with Crippen LogP contribution in [0.3, 0.4) is 0 Å². The molecule has 0 spiro atoms. The molecule has 156 valence electrons. The Bertz CT molecular complexity index is 1040. The lowest BCUT2D eigenvalue weighted by molar-refractivity contribution is 0.0714. The van der Waals surface area contributed by atoms with Crippen molar-refractivity contribution >= 4 is 21.6 Å². The van der Waals surface area contributed by atoms with Crippen LogP contribution < -0.4 is 14.2 Å². The molecule has 8 nitrogen and oxygen atoms in total. The van der Waals surface area contributed by atoms with Crippen LogP contribution in [0, 0.1) is 6.92 Å². The van der Waals surface area contributed by atoms with Crippen LogP contribution in [0.25, 0.3) is 0 Å². The standard InChI is InChI=1S/C20H25N3O5S/c1-14-19(13-16(22(14)2)20(24)23-8-4-3-5-9-23)29(25,26)21-15-6-7-17-18(12-15)28-11-10-27-17/h6-7,12-13,21H,3-5,8-11H2,1-2H3. The van der Waals surface area contributed by atoms with Gasteiger partial charge in [0, 0.05) is 31.9 Å². The molecule has 2 aliphatic heterocycles. The Morgan fingerprint density at radius 2 is 1.72 bits per heavy atom. The summed E-state index contributed by atoms with van der Waals surface area (Å²) in [6.45, 7) is 4.00. The number of nitrogens with one attached hydrogen (secondary N) is 1. The Hall–Kier alpha value is -2.68. The SMILES string of the molecule is Cc1c(S(=O)(=O)Nc2ccc3c(c2)OCCO3)cc(C(=O)N2CCCCC2)n1C. The van der Waals surface area contributed by atoms with Crippen LogP contribution in [0.2, 0.25) is 0 Å². The molecule has 0 unspecified atom stereocenters. The highest BCUT2D eigenvalue weighted by atomic mass is 32.2. The van der Waals surface area contributed by atoms with Crippen molar-refractivity contribution < 1.29 is 22.7 Å². The van der Waals surface area contributed by atoms with Gasteiger partial charge in [-0.3, -0.25) is 9.52 Å². The van der Waals surface area contributed by atoms with Gasteiger partial charge in [0.2, 0.25) is 0 Å². The molecular weight excluding hydrogens is 394 g/mol. The van der Waals surface area contributed by atoms with Crippen molar-refractivity contribution in [3.8, 4) is 11.5 Å². The van der Waals surface area contributed by atoms with Crippen molar-refractivity contribution in [1.29, 1.82) is 0 Å². The molecule has 0 saturated carbocycles. The zero-order valence-corrected chi connectivity index (χ0v) is 17.4. The van der Waals surface area contributed by atoms with Gasteiger partial charge in [-0.1, -0.05) is 0 Å². The van der Waals surface area contributed by atoms with E-state index in [2.05, 4.69) is 4.72 Å². The number of hydrogen-bond acceptors (Lipinski definition) is 5. The van der Waals surface area contributed by atoms with Crippen LogP contribution in [0.15, 0.2) is 29.2 Å². The van der Waals surface area contributed by atoms with E-state index in [1.165, 1.54) is 6.07 Å². The summed E-state index contributed by atoms with van der Waals surface area (Å²) < 4.78 is 41.3. The minimum Gasteiger partial charge on any atom is -0.486 e. The fourth-order valence-corrected chi connectivity index (χ4v) is 5.06. The lowest BCUT2D eigenvalue weighted by atomic mass is 10.1. The average molecular weight is 420 g/mol. The first-order valence-electron chi connectivity index (χ1n) is 9.75. The number of amides is 1. The second-order valence-electron chi connectivity index (χ2n) is 7.36. The van der Waals surface area contributed by atoms with Gasteiger partial charge < -0.3 is 18.9 Å². The van der Waals surface area contributed by atoms with E-state index >= 15 is 0 Å². The fourth-order valence-electron chi connectivity index (χ4n) is 3.72. The number of likely N-dealkylation sites (tertiary alicyclic amines) is 1. The lowest BCUT2D eigenvalue weighted by Gasteiger charge is -2.26. The quantitative estimate of drug-likeness (QED) is 0.823. The molecule has 4 rings (SSSR count). The highest BCUT2D eigenvalue weighted by molar-refractivity contribution is 7.92.